The van der Waals surface area contributed by atoms with Gasteiger partial charge in [-0.1, -0.05) is 27.7 Å². The smallest absolute Gasteiger partial charge is 0.133 e. The largest absolute Gasteiger partial charge is 0.356 e. The van der Waals surface area contributed by atoms with Crippen molar-refractivity contribution in [3.05, 3.63) is 17.6 Å². The van der Waals surface area contributed by atoms with Crippen molar-refractivity contribution in [2.75, 3.05) is 24.5 Å². The number of aromatic nitrogens is 2. The normalized spacial score (nSPS) is 11.4. The number of nitrogens with two attached hydrogens (primary N) is 1. The van der Waals surface area contributed by atoms with Gasteiger partial charge in [0.2, 0.25) is 0 Å². The van der Waals surface area contributed by atoms with Crippen LogP contribution in [0, 0.1) is 12.8 Å². The average molecular weight is 264 g/mol. The molecule has 19 heavy (non-hydrogen) atoms. The van der Waals surface area contributed by atoms with Crippen molar-refractivity contribution >= 4 is 5.82 Å². The van der Waals surface area contributed by atoms with Crippen LogP contribution in [-0.4, -0.2) is 29.6 Å². The van der Waals surface area contributed by atoms with Gasteiger partial charge in [0.15, 0.2) is 0 Å². The molecule has 0 atom stereocenters. The summed E-state index contributed by atoms with van der Waals surface area (Å²) in [5, 5.41) is 0. The van der Waals surface area contributed by atoms with E-state index in [2.05, 4.69) is 43.6 Å². The first-order valence-corrected chi connectivity index (χ1v) is 7.24. The van der Waals surface area contributed by atoms with E-state index in [4.69, 9.17) is 10.7 Å². The van der Waals surface area contributed by atoms with Gasteiger partial charge in [-0.25, -0.2) is 9.97 Å². The molecule has 1 rings (SSSR count). The van der Waals surface area contributed by atoms with Gasteiger partial charge in [0.25, 0.3) is 0 Å². The van der Waals surface area contributed by atoms with Gasteiger partial charge in [0.05, 0.1) is 0 Å². The van der Waals surface area contributed by atoms with Crippen LogP contribution >= 0.6 is 0 Å². The Hall–Kier alpha value is -1.16. The molecule has 0 bridgehead atoms. The van der Waals surface area contributed by atoms with Gasteiger partial charge >= 0.3 is 0 Å². The second kappa shape index (κ2) is 7.43. The highest BCUT2D eigenvalue weighted by molar-refractivity contribution is 5.40. The van der Waals surface area contributed by atoms with Crippen LogP contribution in [0.15, 0.2) is 6.07 Å². The van der Waals surface area contributed by atoms with Gasteiger partial charge in [-0.05, 0) is 25.8 Å². The monoisotopic (exact) mass is 264 g/mol. The minimum Gasteiger partial charge on any atom is -0.356 e. The topological polar surface area (TPSA) is 55.0 Å². The first-order valence-electron chi connectivity index (χ1n) is 7.24. The molecule has 0 spiro atoms. The Morgan fingerprint density at radius 1 is 1.21 bits per heavy atom. The fourth-order valence-corrected chi connectivity index (χ4v) is 2.02. The quantitative estimate of drug-likeness (QED) is 0.822. The van der Waals surface area contributed by atoms with Crippen molar-refractivity contribution in [3.8, 4) is 0 Å². The maximum absolute atomic E-state index is 5.63. The molecule has 4 nitrogen and oxygen atoms in total. The summed E-state index contributed by atoms with van der Waals surface area (Å²) in [5.74, 6) is 2.93. The molecule has 1 aromatic heterocycles. The minimum atomic E-state index is 0.356. The van der Waals surface area contributed by atoms with Crippen molar-refractivity contribution < 1.29 is 0 Å². The number of nitrogens with zero attached hydrogens (tertiary/aromatic N) is 3. The lowest BCUT2D eigenvalue weighted by molar-refractivity contribution is 0.593. The molecule has 0 saturated carbocycles. The van der Waals surface area contributed by atoms with Gasteiger partial charge in [0.1, 0.15) is 11.6 Å². The second-order valence-corrected chi connectivity index (χ2v) is 5.86. The fourth-order valence-electron chi connectivity index (χ4n) is 2.02. The van der Waals surface area contributed by atoms with Crippen LogP contribution in [0.25, 0.3) is 0 Å². The Kier molecular flexibility index (Phi) is 6.22. The number of aryl methyl sites for hydroxylation is 1. The van der Waals surface area contributed by atoms with Crippen LogP contribution in [0.3, 0.4) is 0 Å². The Labute approximate surface area is 117 Å². The Morgan fingerprint density at radius 2 is 1.89 bits per heavy atom. The summed E-state index contributed by atoms with van der Waals surface area (Å²) >= 11 is 0. The van der Waals surface area contributed by atoms with Crippen molar-refractivity contribution in [2.45, 2.75) is 47.0 Å². The standard InChI is InChI=1S/C15H28N4/c1-11(2)10-19(8-6-7-16)14-9-13(5)17-15(18-14)12(3)4/h9,11-12H,6-8,10,16H2,1-5H3. The maximum atomic E-state index is 5.63. The van der Waals surface area contributed by atoms with Gasteiger partial charge < -0.3 is 10.6 Å². The van der Waals surface area contributed by atoms with E-state index < -0.39 is 0 Å². The zero-order valence-corrected chi connectivity index (χ0v) is 13.0. The summed E-state index contributed by atoms with van der Waals surface area (Å²) in [6, 6.07) is 2.07. The molecular formula is C15H28N4. The maximum Gasteiger partial charge on any atom is 0.133 e. The van der Waals surface area contributed by atoms with E-state index in [1.165, 1.54) is 0 Å². The molecule has 0 aliphatic carbocycles. The van der Waals surface area contributed by atoms with Crippen LogP contribution in [0.2, 0.25) is 0 Å². The third-order valence-electron chi connectivity index (χ3n) is 2.92. The third kappa shape index (κ3) is 5.15. The number of hydrogen-bond donors (Lipinski definition) is 1. The van der Waals surface area contributed by atoms with E-state index >= 15 is 0 Å². The van der Waals surface area contributed by atoms with E-state index in [0.29, 0.717) is 11.8 Å². The van der Waals surface area contributed by atoms with Crippen LogP contribution < -0.4 is 10.6 Å². The first kappa shape index (κ1) is 15.9. The zero-order valence-electron chi connectivity index (χ0n) is 13.0. The lowest BCUT2D eigenvalue weighted by atomic mass is 10.2. The molecule has 0 aliphatic heterocycles. The Balaban J connectivity index is 2.99. The minimum absolute atomic E-state index is 0.356. The molecule has 0 fully saturated rings. The SMILES string of the molecule is Cc1cc(N(CCCN)CC(C)C)nc(C(C)C)n1. The summed E-state index contributed by atoms with van der Waals surface area (Å²) in [6.07, 6.45) is 0.993. The molecule has 0 aliphatic rings. The van der Waals surface area contributed by atoms with Crippen LogP contribution in [0.4, 0.5) is 5.82 Å². The highest BCUT2D eigenvalue weighted by atomic mass is 15.2. The number of hydrogen-bond acceptors (Lipinski definition) is 4. The van der Waals surface area contributed by atoms with Crippen LogP contribution in [-0.2, 0) is 0 Å². The lowest BCUT2D eigenvalue weighted by Crippen LogP contribution is -2.31. The highest BCUT2D eigenvalue weighted by Gasteiger charge is 2.13. The van der Waals surface area contributed by atoms with Gasteiger partial charge in [-0.2, -0.15) is 0 Å². The molecule has 0 amide bonds. The van der Waals surface area contributed by atoms with Gasteiger partial charge in [-0.15, -0.1) is 0 Å². The zero-order chi connectivity index (χ0) is 14.4. The third-order valence-corrected chi connectivity index (χ3v) is 2.92. The molecule has 0 radical (unpaired) electrons. The molecule has 1 heterocycles. The predicted octanol–water partition coefficient (Wildman–Crippen LogP) is 2.72. The van der Waals surface area contributed by atoms with E-state index in [1.54, 1.807) is 0 Å². The van der Waals surface area contributed by atoms with E-state index in [1.807, 2.05) is 6.92 Å². The van der Waals surface area contributed by atoms with Crippen molar-refractivity contribution in [2.24, 2.45) is 11.7 Å². The van der Waals surface area contributed by atoms with Crippen molar-refractivity contribution in [3.63, 3.8) is 0 Å². The summed E-state index contributed by atoms with van der Waals surface area (Å²) < 4.78 is 0. The Bertz CT molecular complexity index is 388. The van der Waals surface area contributed by atoms with Crippen molar-refractivity contribution in [1.82, 2.24) is 9.97 Å². The van der Waals surface area contributed by atoms with Gasteiger partial charge in [-0.3, -0.25) is 0 Å². The number of rotatable bonds is 7. The fraction of sp³-hybridized carbons (Fsp3) is 0.733. The predicted molar refractivity (Wildman–Crippen MR) is 81.6 cm³/mol. The molecule has 4 heteroatoms. The first-order chi connectivity index (χ1) is 8.93. The highest BCUT2D eigenvalue weighted by Crippen LogP contribution is 2.18. The second-order valence-electron chi connectivity index (χ2n) is 5.86. The molecule has 0 saturated heterocycles. The summed E-state index contributed by atoms with van der Waals surface area (Å²) in [6.45, 7) is 13.4. The van der Waals surface area contributed by atoms with E-state index in [0.717, 1.165) is 43.4 Å². The summed E-state index contributed by atoms with van der Waals surface area (Å²) in [5.41, 5.74) is 6.67. The van der Waals surface area contributed by atoms with Crippen LogP contribution in [0.1, 0.15) is 51.6 Å². The average Bonchev–Trinajstić information content (AvgIpc) is 2.33. The molecule has 0 unspecified atom stereocenters. The lowest BCUT2D eigenvalue weighted by Gasteiger charge is -2.26. The van der Waals surface area contributed by atoms with E-state index in [-0.39, 0.29) is 0 Å². The number of anilines is 1. The molecule has 2 N–H and O–H groups in total. The molecule has 108 valence electrons. The van der Waals surface area contributed by atoms with Crippen molar-refractivity contribution in [1.29, 1.82) is 0 Å². The summed E-state index contributed by atoms with van der Waals surface area (Å²) in [7, 11) is 0. The Morgan fingerprint density at radius 3 is 2.42 bits per heavy atom. The molecular weight excluding hydrogens is 236 g/mol. The van der Waals surface area contributed by atoms with Gasteiger partial charge in [0, 0.05) is 30.8 Å². The molecule has 1 aromatic rings. The van der Waals surface area contributed by atoms with E-state index in [9.17, 15) is 0 Å². The molecule has 0 aromatic carbocycles. The van der Waals surface area contributed by atoms with Crippen LogP contribution in [0.5, 0.6) is 0 Å². The summed E-state index contributed by atoms with van der Waals surface area (Å²) in [4.78, 5) is 11.6.